The summed E-state index contributed by atoms with van der Waals surface area (Å²) in [4.78, 5) is 19.5. The highest BCUT2D eigenvalue weighted by Gasteiger charge is 2.26. The molecule has 2 N–H and O–H groups in total. The first-order chi connectivity index (χ1) is 14.2. The summed E-state index contributed by atoms with van der Waals surface area (Å²) < 4.78 is 1.86. The number of pyridine rings is 1. The fourth-order valence-corrected chi connectivity index (χ4v) is 3.82. The predicted octanol–water partition coefficient (Wildman–Crippen LogP) is 3.79. The van der Waals surface area contributed by atoms with Crippen LogP contribution in [0, 0.1) is 5.92 Å². The van der Waals surface area contributed by atoms with Crippen molar-refractivity contribution in [1.82, 2.24) is 14.8 Å². The largest absolute Gasteiger partial charge is 0.506 e. The number of hydrogen-bond acceptors (Lipinski definition) is 5. The van der Waals surface area contributed by atoms with E-state index >= 15 is 0 Å². The third kappa shape index (κ3) is 4.18. The zero-order valence-corrected chi connectivity index (χ0v) is 16.7. The van der Waals surface area contributed by atoms with Gasteiger partial charge in [0.2, 0.25) is 5.91 Å². The van der Waals surface area contributed by atoms with Crippen LogP contribution >= 0.6 is 0 Å². The van der Waals surface area contributed by atoms with E-state index in [0.717, 1.165) is 62.3 Å². The van der Waals surface area contributed by atoms with Gasteiger partial charge in [0.1, 0.15) is 22.9 Å². The number of hydrogen-bond donors (Lipinski definition) is 2. The van der Waals surface area contributed by atoms with Crippen LogP contribution in [-0.2, 0) is 11.3 Å². The monoisotopic (exact) mass is 393 g/mol. The number of aromatic nitrogens is 3. The molecule has 1 aliphatic rings. The molecule has 0 unspecified atom stereocenters. The van der Waals surface area contributed by atoms with Crippen LogP contribution in [0.3, 0.4) is 0 Å². The standard InChI is InChI=1S/C22H27N5O2/c1-2-3-13-27-20(9-12-23-27)25-22(29)17-10-14-26(15-11-17)19-8-7-16-5-4-6-18(28)21(16)24-19/h4-9,12,17,28H,2-3,10-11,13-15H2,1H3,(H,25,29). The summed E-state index contributed by atoms with van der Waals surface area (Å²) in [5.41, 5.74) is 0.616. The molecule has 152 valence electrons. The molecule has 1 saturated heterocycles. The van der Waals surface area contributed by atoms with Crippen LogP contribution in [-0.4, -0.2) is 38.9 Å². The van der Waals surface area contributed by atoms with Crippen molar-refractivity contribution in [1.29, 1.82) is 0 Å². The van der Waals surface area contributed by atoms with Gasteiger partial charge < -0.3 is 15.3 Å². The zero-order chi connectivity index (χ0) is 20.2. The van der Waals surface area contributed by atoms with Crippen LogP contribution in [0.1, 0.15) is 32.6 Å². The summed E-state index contributed by atoms with van der Waals surface area (Å²) in [7, 11) is 0. The highest BCUT2D eigenvalue weighted by molar-refractivity contribution is 5.92. The topological polar surface area (TPSA) is 83.3 Å². The number of phenolic OH excluding ortho intramolecular Hbond substituents is 1. The van der Waals surface area contributed by atoms with Crippen molar-refractivity contribution in [3.05, 3.63) is 42.6 Å². The number of aryl methyl sites for hydroxylation is 1. The molecule has 1 amide bonds. The number of piperidine rings is 1. The average molecular weight is 393 g/mol. The Morgan fingerprint density at radius 3 is 2.83 bits per heavy atom. The minimum absolute atomic E-state index is 0.0189. The summed E-state index contributed by atoms with van der Waals surface area (Å²) in [6.07, 6.45) is 5.41. The molecular formula is C22H27N5O2. The smallest absolute Gasteiger partial charge is 0.228 e. The van der Waals surface area contributed by atoms with E-state index in [2.05, 4.69) is 27.2 Å². The Balaban J connectivity index is 1.37. The van der Waals surface area contributed by atoms with Crippen LogP contribution in [0.4, 0.5) is 11.6 Å². The van der Waals surface area contributed by atoms with Crippen molar-refractivity contribution < 1.29 is 9.90 Å². The minimum atomic E-state index is -0.0189. The van der Waals surface area contributed by atoms with Crippen LogP contribution in [0.25, 0.3) is 10.9 Å². The Kier molecular flexibility index (Phi) is 5.64. The molecule has 1 aliphatic heterocycles. The minimum Gasteiger partial charge on any atom is -0.506 e. The van der Waals surface area contributed by atoms with Crippen molar-refractivity contribution >= 4 is 28.4 Å². The lowest BCUT2D eigenvalue weighted by molar-refractivity contribution is -0.120. The maximum atomic E-state index is 12.7. The molecule has 3 aromatic rings. The Hall–Kier alpha value is -3.09. The lowest BCUT2D eigenvalue weighted by Crippen LogP contribution is -2.38. The van der Waals surface area contributed by atoms with Gasteiger partial charge in [-0.2, -0.15) is 5.10 Å². The average Bonchev–Trinajstić information content (AvgIpc) is 3.19. The summed E-state index contributed by atoms with van der Waals surface area (Å²) >= 11 is 0. The first-order valence-electron chi connectivity index (χ1n) is 10.3. The highest BCUT2D eigenvalue weighted by Crippen LogP contribution is 2.28. The molecule has 0 bridgehead atoms. The maximum absolute atomic E-state index is 12.7. The zero-order valence-electron chi connectivity index (χ0n) is 16.7. The highest BCUT2D eigenvalue weighted by atomic mass is 16.3. The number of carbonyl (C=O) groups is 1. The molecule has 0 spiro atoms. The molecular weight excluding hydrogens is 366 g/mol. The number of rotatable bonds is 6. The Bertz CT molecular complexity index is 992. The molecule has 7 nitrogen and oxygen atoms in total. The number of anilines is 2. The summed E-state index contributed by atoms with van der Waals surface area (Å²) in [6.45, 7) is 4.48. The van der Waals surface area contributed by atoms with Crippen molar-refractivity contribution in [2.24, 2.45) is 5.92 Å². The number of unbranched alkanes of at least 4 members (excludes halogenated alkanes) is 1. The molecule has 7 heteroatoms. The van der Waals surface area contributed by atoms with Crippen LogP contribution in [0.2, 0.25) is 0 Å². The van der Waals surface area contributed by atoms with E-state index in [-0.39, 0.29) is 17.6 Å². The number of carbonyl (C=O) groups excluding carboxylic acids is 1. The molecule has 4 rings (SSSR count). The van der Waals surface area contributed by atoms with Gasteiger partial charge in [-0.15, -0.1) is 0 Å². The summed E-state index contributed by atoms with van der Waals surface area (Å²) in [6, 6.07) is 11.2. The Labute approximate surface area is 170 Å². The number of para-hydroxylation sites is 1. The fraction of sp³-hybridized carbons (Fsp3) is 0.409. The maximum Gasteiger partial charge on any atom is 0.228 e. The van der Waals surface area contributed by atoms with E-state index in [1.54, 1.807) is 12.3 Å². The van der Waals surface area contributed by atoms with Crippen molar-refractivity contribution in [3.8, 4) is 5.75 Å². The van der Waals surface area contributed by atoms with Gasteiger partial charge in [0.15, 0.2) is 0 Å². The number of fused-ring (bicyclic) bond motifs is 1. The van der Waals surface area contributed by atoms with Gasteiger partial charge in [0.25, 0.3) is 0 Å². The first kappa shape index (κ1) is 19.2. The summed E-state index contributed by atoms with van der Waals surface area (Å²) in [5.74, 6) is 1.85. The lowest BCUT2D eigenvalue weighted by Gasteiger charge is -2.32. The van der Waals surface area contributed by atoms with Gasteiger partial charge in [-0.3, -0.25) is 4.79 Å². The van der Waals surface area contributed by atoms with Gasteiger partial charge in [0, 0.05) is 37.0 Å². The van der Waals surface area contributed by atoms with Gasteiger partial charge in [0.05, 0.1) is 6.20 Å². The predicted molar refractivity (Wildman–Crippen MR) is 114 cm³/mol. The van der Waals surface area contributed by atoms with E-state index in [4.69, 9.17) is 0 Å². The molecule has 2 aromatic heterocycles. The number of benzene rings is 1. The molecule has 0 radical (unpaired) electrons. The van der Waals surface area contributed by atoms with Crippen molar-refractivity contribution in [3.63, 3.8) is 0 Å². The van der Waals surface area contributed by atoms with Gasteiger partial charge >= 0.3 is 0 Å². The molecule has 29 heavy (non-hydrogen) atoms. The molecule has 0 aliphatic carbocycles. The van der Waals surface area contributed by atoms with Crippen molar-refractivity contribution in [2.75, 3.05) is 23.3 Å². The molecule has 0 saturated carbocycles. The normalized spacial score (nSPS) is 15.0. The third-order valence-electron chi connectivity index (χ3n) is 5.57. The first-order valence-corrected chi connectivity index (χ1v) is 10.3. The van der Waals surface area contributed by atoms with Crippen LogP contribution in [0.15, 0.2) is 42.6 Å². The number of phenols is 1. The summed E-state index contributed by atoms with van der Waals surface area (Å²) in [5, 5.41) is 18.3. The van der Waals surface area contributed by atoms with E-state index in [0.29, 0.717) is 5.52 Å². The third-order valence-corrected chi connectivity index (χ3v) is 5.57. The molecule has 1 fully saturated rings. The van der Waals surface area contributed by atoms with E-state index in [1.807, 2.05) is 35.0 Å². The van der Waals surface area contributed by atoms with Gasteiger partial charge in [-0.05, 0) is 37.5 Å². The Morgan fingerprint density at radius 1 is 1.21 bits per heavy atom. The second-order valence-electron chi connectivity index (χ2n) is 7.56. The second kappa shape index (κ2) is 8.51. The quantitative estimate of drug-likeness (QED) is 0.666. The second-order valence-corrected chi connectivity index (χ2v) is 7.56. The van der Waals surface area contributed by atoms with Gasteiger partial charge in [-0.25, -0.2) is 9.67 Å². The van der Waals surface area contributed by atoms with Crippen LogP contribution in [0.5, 0.6) is 5.75 Å². The number of nitrogens with zero attached hydrogens (tertiary/aromatic N) is 4. The lowest BCUT2D eigenvalue weighted by atomic mass is 9.96. The van der Waals surface area contributed by atoms with Crippen molar-refractivity contribution in [2.45, 2.75) is 39.2 Å². The van der Waals surface area contributed by atoms with Gasteiger partial charge in [-0.1, -0.05) is 25.5 Å². The SMILES string of the molecule is CCCCn1nccc1NC(=O)C1CCN(c2ccc3cccc(O)c3n2)CC1. The number of aromatic hydroxyl groups is 1. The van der Waals surface area contributed by atoms with E-state index in [9.17, 15) is 9.90 Å². The van der Waals surface area contributed by atoms with E-state index in [1.165, 1.54) is 0 Å². The fourth-order valence-electron chi connectivity index (χ4n) is 3.82. The van der Waals surface area contributed by atoms with Crippen LogP contribution < -0.4 is 10.2 Å². The Morgan fingerprint density at radius 2 is 2.03 bits per heavy atom. The van der Waals surface area contributed by atoms with E-state index < -0.39 is 0 Å². The number of nitrogens with one attached hydrogen (secondary N) is 1. The molecule has 0 atom stereocenters. The number of amides is 1. The molecule has 1 aromatic carbocycles. The molecule has 3 heterocycles.